The summed E-state index contributed by atoms with van der Waals surface area (Å²) in [4.78, 5) is 13.8. The molecule has 1 aromatic carbocycles. The van der Waals surface area contributed by atoms with Crippen LogP contribution >= 0.6 is 22.9 Å². The van der Waals surface area contributed by atoms with Gasteiger partial charge in [-0.1, -0.05) is 29.8 Å². The molecule has 0 aliphatic heterocycles. The molecule has 2 rings (SSSR count). The van der Waals surface area contributed by atoms with Crippen LogP contribution in [0.2, 0.25) is 5.02 Å². The van der Waals surface area contributed by atoms with Crippen LogP contribution in [-0.4, -0.2) is 17.6 Å². The number of aliphatic hydroxyl groups is 1. The number of carbonyl (C=O) groups is 1. The lowest BCUT2D eigenvalue weighted by Gasteiger charge is -2.13. The van der Waals surface area contributed by atoms with Crippen molar-refractivity contribution in [3.63, 3.8) is 0 Å². The number of amides is 1. The highest BCUT2D eigenvalue weighted by molar-refractivity contribution is 7.14. The van der Waals surface area contributed by atoms with Crippen LogP contribution in [0.15, 0.2) is 30.3 Å². The Morgan fingerprint density at radius 1 is 1.40 bits per heavy atom. The zero-order chi connectivity index (χ0) is 14.7. The monoisotopic (exact) mass is 309 g/mol. The molecule has 0 aliphatic rings. The second kappa shape index (κ2) is 6.39. The van der Waals surface area contributed by atoms with Crippen molar-refractivity contribution in [1.82, 2.24) is 5.32 Å². The molecule has 1 unspecified atom stereocenters. The number of hydrogen-bond donors (Lipinski definition) is 2. The van der Waals surface area contributed by atoms with Crippen molar-refractivity contribution in [1.29, 1.82) is 0 Å². The molecule has 0 fully saturated rings. The van der Waals surface area contributed by atoms with Crippen molar-refractivity contribution >= 4 is 28.8 Å². The molecule has 0 radical (unpaired) electrons. The van der Waals surface area contributed by atoms with E-state index in [0.29, 0.717) is 15.5 Å². The van der Waals surface area contributed by atoms with E-state index in [2.05, 4.69) is 5.32 Å². The molecule has 1 amide bonds. The first-order valence-corrected chi connectivity index (χ1v) is 7.46. The lowest BCUT2D eigenvalue weighted by atomic mass is 10.1. The van der Waals surface area contributed by atoms with Gasteiger partial charge in [0.05, 0.1) is 11.0 Å². The Morgan fingerprint density at radius 3 is 2.70 bits per heavy atom. The number of carbonyl (C=O) groups excluding carboxylic acids is 1. The van der Waals surface area contributed by atoms with E-state index in [1.807, 2.05) is 19.9 Å². The van der Waals surface area contributed by atoms with E-state index in [0.717, 1.165) is 10.4 Å². The number of hydrogen-bond acceptors (Lipinski definition) is 3. The second-order valence-corrected chi connectivity index (χ2v) is 6.26. The molecule has 3 nitrogen and oxygen atoms in total. The highest BCUT2D eigenvalue weighted by Crippen LogP contribution is 2.23. The van der Waals surface area contributed by atoms with E-state index in [1.165, 1.54) is 11.3 Å². The predicted octanol–water partition coefficient (Wildman–Crippen LogP) is 3.48. The van der Waals surface area contributed by atoms with Crippen LogP contribution in [0.25, 0.3) is 0 Å². The summed E-state index contributed by atoms with van der Waals surface area (Å²) in [5, 5.41) is 13.3. The SMILES string of the molecule is Cc1cc(C(=O)NCC(O)c2ccccc2Cl)sc1C. The molecule has 0 saturated heterocycles. The number of aliphatic hydroxyl groups excluding tert-OH is 1. The molecule has 20 heavy (non-hydrogen) atoms. The highest BCUT2D eigenvalue weighted by atomic mass is 35.5. The lowest BCUT2D eigenvalue weighted by molar-refractivity contribution is 0.0920. The minimum absolute atomic E-state index is 0.137. The van der Waals surface area contributed by atoms with E-state index >= 15 is 0 Å². The van der Waals surface area contributed by atoms with Crippen molar-refractivity contribution in [2.75, 3.05) is 6.54 Å². The maximum atomic E-state index is 12.0. The quantitative estimate of drug-likeness (QED) is 0.908. The molecule has 0 aliphatic carbocycles. The van der Waals surface area contributed by atoms with E-state index in [1.54, 1.807) is 24.3 Å². The van der Waals surface area contributed by atoms with Crippen molar-refractivity contribution < 1.29 is 9.90 Å². The van der Waals surface area contributed by atoms with Crippen LogP contribution in [0.3, 0.4) is 0 Å². The van der Waals surface area contributed by atoms with Gasteiger partial charge < -0.3 is 10.4 Å². The zero-order valence-electron chi connectivity index (χ0n) is 11.3. The largest absolute Gasteiger partial charge is 0.387 e. The average Bonchev–Trinajstić information content (AvgIpc) is 2.76. The third kappa shape index (κ3) is 3.39. The zero-order valence-corrected chi connectivity index (χ0v) is 12.9. The molecule has 1 heterocycles. The fourth-order valence-electron chi connectivity index (χ4n) is 1.82. The Morgan fingerprint density at radius 2 is 2.10 bits per heavy atom. The number of thiophene rings is 1. The van der Waals surface area contributed by atoms with Crippen LogP contribution in [0.5, 0.6) is 0 Å². The van der Waals surface area contributed by atoms with Crippen LogP contribution in [-0.2, 0) is 0 Å². The molecule has 5 heteroatoms. The molecule has 0 bridgehead atoms. The fourth-order valence-corrected chi connectivity index (χ4v) is 3.03. The van der Waals surface area contributed by atoms with Gasteiger partial charge in [-0.05, 0) is 31.5 Å². The Hall–Kier alpha value is -1.36. The van der Waals surface area contributed by atoms with Crippen LogP contribution in [0.4, 0.5) is 0 Å². The van der Waals surface area contributed by atoms with Crippen molar-refractivity contribution in [3.05, 3.63) is 56.2 Å². The normalized spacial score (nSPS) is 12.2. The number of halogens is 1. The minimum atomic E-state index is -0.810. The standard InChI is InChI=1S/C15H16ClNO2S/c1-9-7-14(20-10(9)2)15(19)17-8-13(18)11-5-3-4-6-12(11)16/h3-7,13,18H,8H2,1-2H3,(H,17,19). The van der Waals surface area contributed by atoms with Gasteiger partial charge in [0.25, 0.3) is 5.91 Å². The third-order valence-electron chi connectivity index (χ3n) is 3.11. The summed E-state index contributed by atoms with van der Waals surface area (Å²) < 4.78 is 0. The Labute approximate surface area is 127 Å². The van der Waals surface area contributed by atoms with Gasteiger partial charge in [-0.2, -0.15) is 0 Å². The first-order valence-electron chi connectivity index (χ1n) is 6.26. The molecular formula is C15H16ClNO2S. The van der Waals surface area contributed by atoms with E-state index < -0.39 is 6.10 Å². The smallest absolute Gasteiger partial charge is 0.261 e. The molecule has 1 aromatic heterocycles. The molecule has 2 N–H and O–H groups in total. The average molecular weight is 310 g/mol. The van der Waals surface area contributed by atoms with Crippen LogP contribution in [0.1, 0.15) is 31.8 Å². The predicted molar refractivity (Wildman–Crippen MR) is 82.5 cm³/mol. The third-order valence-corrected chi connectivity index (χ3v) is 4.61. The summed E-state index contributed by atoms with van der Waals surface area (Å²) in [5.41, 5.74) is 1.72. The first kappa shape index (κ1) is 15.0. The van der Waals surface area contributed by atoms with E-state index in [-0.39, 0.29) is 12.5 Å². The summed E-state index contributed by atoms with van der Waals surface area (Å²) in [5.74, 6) is -0.169. The van der Waals surface area contributed by atoms with Gasteiger partial charge >= 0.3 is 0 Å². The fraction of sp³-hybridized carbons (Fsp3) is 0.267. The van der Waals surface area contributed by atoms with Crippen LogP contribution < -0.4 is 5.32 Å². The number of benzene rings is 1. The molecule has 1 atom stereocenters. The van der Waals surface area contributed by atoms with Crippen molar-refractivity contribution in [2.45, 2.75) is 20.0 Å². The van der Waals surface area contributed by atoms with Gasteiger partial charge in [0, 0.05) is 22.0 Å². The Balaban J connectivity index is 1.98. The van der Waals surface area contributed by atoms with Gasteiger partial charge in [-0.3, -0.25) is 4.79 Å². The van der Waals surface area contributed by atoms with E-state index in [9.17, 15) is 9.90 Å². The molecule has 0 spiro atoms. The molecule has 2 aromatic rings. The molecule has 0 saturated carbocycles. The summed E-state index contributed by atoms with van der Waals surface area (Å²) >= 11 is 7.46. The summed E-state index contributed by atoms with van der Waals surface area (Å²) in [7, 11) is 0. The Kier molecular flexibility index (Phi) is 4.81. The van der Waals surface area contributed by atoms with Gasteiger partial charge in [0.1, 0.15) is 0 Å². The van der Waals surface area contributed by atoms with Crippen molar-refractivity contribution in [3.8, 4) is 0 Å². The summed E-state index contributed by atoms with van der Waals surface area (Å²) in [6.07, 6.45) is -0.810. The number of aryl methyl sites for hydroxylation is 2. The van der Waals surface area contributed by atoms with Gasteiger partial charge in [-0.25, -0.2) is 0 Å². The lowest BCUT2D eigenvalue weighted by Crippen LogP contribution is -2.27. The number of nitrogens with one attached hydrogen (secondary N) is 1. The van der Waals surface area contributed by atoms with Gasteiger partial charge in [-0.15, -0.1) is 11.3 Å². The summed E-state index contributed by atoms with van der Waals surface area (Å²) in [6, 6.07) is 8.93. The highest BCUT2D eigenvalue weighted by Gasteiger charge is 2.14. The topological polar surface area (TPSA) is 49.3 Å². The van der Waals surface area contributed by atoms with Gasteiger partial charge in [0.15, 0.2) is 0 Å². The van der Waals surface area contributed by atoms with Crippen LogP contribution in [0, 0.1) is 13.8 Å². The minimum Gasteiger partial charge on any atom is -0.387 e. The molecule has 106 valence electrons. The van der Waals surface area contributed by atoms with E-state index in [4.69, 9.17) is 11.6 Å². The molecular weight excluding hydrogens is 294 g/mol. The van der Waals surface area contributed by atoms with Crippen molar-refractivity contribution in [2.24, 2.45) is 0 Å². The first-order chi connectivity index (χ1) is 9.49. The maximum absolute atomic E-state index is 12.0. The number of rotatable bonds is 4. The second-order valence-electron chi connectivity index (χ2n) is 4.60. The summed E-state index contributed by atoms with van der Waals surface area (Å²) in [6.45, 7) is 4.09. The van der Waals surface area contributed by atoms with Gasteiger partial charge in [0.2, 0.25) is 0 Å². The maximum Gasteiger partial charge on any atom is 0.261 e. The Bertz CT molecular complexity index is 605.